The van der Waals surface area contributed by atoms with Crippen molar-refractivity contribution in [3.63, 3.8) is 0 Å². The molecule has 1 fully saturated rings. The van der Waals surface area contributed by atoms with Crippen LogP contribution in [0.2, 0.25) is 0 Å². The van der Waals surface area contributed by atoms with Crippen LogP contribution in [-0.2, 0) is 4.79 Å². The van der Waals surface area contributed by atoms with E-state index in [4.69, 9.17) is 22.1 Å². The first-order valence-electron chi connectivity index (χ1n) is 9.26. The van der Waals surface area contributed by atoms with Crippen LogP contribution < -0.4 is 4.74 Å². The molecule has 7 heteroatoms. The summed E-state index contributed by atoms with van der Waals surface area (Å²) >= 11 is 6.65. The first-order chi connectivity index (χ1) is 14.6. The third kappa shape index (κ3) is 3.94. The summed E-state index contributed by atoms with van der Waals surface area (Å²) in [6, 6.07) is 17.6. The molecule has 1 saturated heterocycles. The summed E-state index contributed by atoms with van der Waals surface area (Å²) in [6.45, 7) is 4.10. The van der Waals surface area contributed by atoms with Gasteiger partial charge in [0.2, 0.25) is 0 Å². The number of methoxy groups -OCH3 is 1. The maximum Gasteiger partial charge on any atom is 0.266 e. The highest BCUT2D eigenvalue weighted by atomic mass is 32.2. The van der Waals surface area contributed by atoms with Crippen molar-refractivity contribution in [1.29, 1.82) is 0 Å². The van der Waals surface area contributed by atoms with Crippen molar-refractivity contribution in [1.82, 2.24) is 14.7 Å². The molecule has 0 unspecified atom stereocenters. The van der Waals surface area contributed by atoms with Gasteiger partial charge in [-0.3, -0.25) is 9.69 Å². The minimum absolute atomic E-state index is 0.117. The number of rotatable bonds is 6. The van der Waals surface area contributed by atoms with Crippen molar-refractivity contribution in [3.05, 3.63) is 83.9 Å². The SMILES string of the molecule is C=CCN1C(=O)C(=Cc2cn(-c3ccccc3)nc2-c2cccc(OC)c2)SC1=S. The Morgan fingerprint density at radius 1 is 1.20 bits per heavy atom. The molecule has 3 aromatic rings. The summed E-state index contributed by atoms with van der Waals surface area (Å²) in [6.07, 6.45) is 5.44. The Balaban J connectivity index is 1.82. The zero-order valence-corrected chi connectivity index (χ0v) is 18.0. The minimum atomic E-state index is -0.117. The van der Waals surface area contributed by atoms with Gasteiger partial charge in [-0.25, -0.2) is 4.68 Å². The van der Waals surface area contributed by atoms with Gasteiger partial charge in [0, 0.05) is 23.9 Å². The van der Waals surface area contributed by atoms with Gasteiger partial charge in [0.15, 0.2) is 0 Å². The summed E-state index contributed by atoms with van der Waals surface area (Å²) in [5.41, 5.74) is 3.41. The van der Waals surface area contributed by atoms with Crippen molar-refractivity contribution in [3.8, 4) is 22.7 Å². The summed E-state index contributed by atoms with van der Waals surface area (Å²) in [5.74, 6) is 0.624. The molecule has 150 valence electrons. The number of carbonyl (C=O) groups is 1. The average Bonchev–Trinajstić information content (AvgIpc) is 3.31. The predicted octanol–water partition coefficient (Wildman–Crippen LogP) is 4.94. The van der Waals surface area contributed by atoms with Gasteiger partial charge in [0.05, 0.1) is 17.7 Å². The fraction of sp³-hybridized carbons (Fsp3) is 0.0870. The van der Waals surface area contributed by atoms with Crippen molar-refractivity contribution in [2.45, 2.75) is 0 Å². The van der Waals surface area contributed by atoms with Crippen LogP contribution in [-0.4, -0.2) is 38.6 Å². The van der Waals surface area contributed by atoms with Crippen LogP contribution in [0.25, 0.3) is 23.0 Å². The lowest BCUT2D eigenvalue weighted by molar-refractivity contribution is -0.121. The largest absolute Gasteiger partial charge is 0.497 e. The number of ether oxygens (including phenoxy) is 1. The standard InChI is InChI=1S/C23H19N3O2S2/c1-3-12-25-22(27)20(30-23(25)29)14-17-15-26(18-9-5-4-6-10-18)24-21(17)16-8-7-11-19(13-16)28-2/h3-11,13-15H,1,12H2,2H3. The molecule has 30 heavy (non-hydrogen) atoms. The smallest absolute Gasteiger partial charge is 0.266 e. The molecule has 4 rings (SSSR count). The number of amides is 1. The number of aromatic nitrogens is 2. The summed E-state index contributed by atoms with van der Waals surface area (Å²) < 4.78 is 7.71. The highest BCUT2D eigenvalue weighted by Crippen LogP contribution is 2.35. The van der Waals surface area contributed by atoms with Crippen molar-refractivity contribution < 1.29 is 9.53 Å². The summed E-state index contributed by atoms with van der Waals surface area (Å²) in [5, 5.41) is 4.80. The van der Waals surface area contributed by atoms with E-state index in [1.807, 2.05) is 71.6 Å². The van der Waals surface area contributed by atoms with E-state index in [0.29, 0.717) is 15.8 Å². The second-order valence-electron chi connectivity index (χ2n) is 6.53. The van der Waals surface area contributed by atoms with Crippen LogP contribution in [0.15, 0.2) is 78.4 Å². The fourth-order valence-electron chi connectivity index (χ4n) is 3.13. The van der Waals surface area contributed by atoms with E-state index >= 15 is 0 Å². The lowest BCUT2D eigenvalue weighted by atomic mass is 10.1. The van der Waals surface area contributed by atoms with E-state index in [9.17, 15) is 4.79 Å². The molecule has 1 aromatic heterocycles. The Bertz CT molecular complexity index is 1150. The predicted molar refractivity (Wildman–Crippen MR) is 126 cm³/mol. The Kier molecular flexibility index (Phi) is 5.83. The lowest BCUT2D eigenvalue weighted by Crippen LogP contribution is -2.27. The number of carbonyl (C=O) groups excluding carboxylic acids is 1. The third-order valence-corrected chi connectivity index (χ3v) is 5.96. The van der Waals surface area contributed by atoms with E-state index in [-0.39, 0.29) is 5.91 Å². The van der Waals surface area contributed by atoms with Gasteiger partial charge in [-0.1, -0.05) is 60.4 Å². The second-order valence-corrected chi connectivity index (χ2v) is 8.20. The van der Waals surface area contributed by atoms with Gasteiger partial charge in [0.25, 0.3) is 5.91 Å². The molecule has 0 saturated carbocycles. The molecule has 0 spiro atoms. The molecule has 2 aromatic carbocycles. The van der Waals surface area contributed by atoms with Crippen LogP contribution in [0.3, 0.4) is 0 Å². The molecule has 1 amide bonds. The quantitative estimate of drug-likeness (QED) is 0.313. The Morgan fingerprint density at radius 2 is 2.00 bits per heavy atom. The topological polar surface area (TPSA) is 47.4 Å². The zero-order chi connectivity index (χ0) is 21.1. The van der Waals surface area contributed by atoms with Crippen molar-refractivity contribution in [2.24, 2.45) is 0 Å². The Morgan fingerprint density at radius 3 is 2.73 bits per heavy atom. The monoisotopic (exact) mass is 433 g/mol. The van der Waals surface area contributed by atoms with Gasteiger partial charge in [-0.05, 0) is 30.3 Å². The number of thioether (sulfide) groups is 1. The lowest BCUT2D eigenvalue weighted by Gasteiger charge is -2.10. The van der Waals surface area contributed by atoms with Crippen LogP contribution in [0.1, 0.15) is 5.56 Å². The number of para-hydroxylation sites is 1. The molecule has 0 atom stereocenters. The summed E-state index contributed by atoms with van der Waals surface area (Å²) in [4.78, 5) is 14.9. The molecule has 0 N–H and O–H groups in total. The van der Waals surface area contributed by atoms with Gasteiger partial charge in [-0.2, -0.15) is 5.10 Å². The number of thiocarbonyl (C=S) groups is 1. The van der Waals surface area contributed by atoms with Gasteiger partial charge in [0.1, 0.15) is 15.8 Å². The first kappa shape index (κ1) is 20.1. The second kappa shape index (κ2) is 8.69. The van der Waals surface area contributed by atoms with Crippen LogP contribution in [0.5, 0.6) is 5.75 Å². The van der Waals surface area contributed by atoms with Gasteiger partial charge in [-0.15, -0.1) is 6.58 Å². The Labute approximate surface area is 184 Å². The number of nitrogens with zero attached hydrogens (tertiary/aromatic N) is 3. The number of benzene rings is 2. The zero-order valence-electron chi connectivity index (χ0n) is 16.3. The van der Waals surface area contributed by atoms with Crippen LogP contribution in [0.4, 0.5) is 0 Å². The maximum absolute atomic E-state index is 12.8. The molecule has 1 aliphatic rings. The van der Waals surface area contributed by atoms with Crippen LogP contribution in [0, 0.1) is 0 Å². The number of hydrogen-bond donors (Lipinski definition) is 0. The van der Waals surface area contributed by atoms with E-state index < -0.39 is 0 Å². The molecular weight excluding hydrogens is 414 g/mol. The van der Waals surface area contributed by atoms with E-state index in [1.165, 1.54) is 11.8 Å². The molecule has 1 aliphatic heterocycles. The molecular formula is C23H19N3O2S2. The van der Waals surface area contributed by atoms with E-state index in [1.54, 1.807) is 18.1 Å². The van der Waals surface area contributed by atoms with Crippen molar-refractivity contribution in [2.75, 3.05) is 13.7 Å². The molecule has 5 nitrogen and oxygen atoms in total. The van der Waals surface area contributed by atoms with E-state index in [2.05, 4.69) is 6.58 Å². The average molecular weight is 434 g/mol. The van der Waals surface area contributed by atoms with Gasteiger partial charge >= 0.3 is 0 Å². The first-order valence-corrected chi connectivity index (χ1v) is 10.5. The minimum Gasteiger partial charge on any atom is -0.497 e. The molecule has 2 heterocycles. The third-order valence-electron chi connectivity index (χ3n) is 4.58. The fourth-order valence-corrected chi connectivity index (χ4v) is 4.39. The Hall–Kier alpha value is -3.16. The normalized spacial score (nSPS) is 15.1. The molecule has 0 aliphatic carbocycles. The van der Waals surface area contributed by atoms with Gasteiger partial charge < -0.3 is 4.74 Å². The number of hydrogen-bond acceptors (Lipinski definition) is 5. The summed E-state index contributed by atoms with van der Waals surface area (Å²) in [7, 11) is 1.63. The van der Waals surface area contributed by atoms with Crippen LogP contribution >= 0.6 is 24.0 Å². The van der Waals surface area contributed by atoms with E-state index in [0.717, 1.165) is 28.3 Å². The highest BCUT2D eigenvalue weighted by Gasteiger charge is 2.31. The highest BCUT2D eigenvalue weighted by molar-refractivity contribution is 8.26. The van der Waals surface area contributed by atoms with Crippen molar-refractivity contribution >= 4 is 40.3 Å². The molecule has 0 radical (unpaired) electrons. The molecule has 0 bridgehead atoms. The maximum atomic E-state index is 12.8.